The zero-order valence-corrected chi connectivity index (χ0v) is 19.0. The lowest BCUT2D eigenvalue weighted by molar-refractivity contribution is -0.141. The number of rotatable bonds is 5. The molecule has 0 amide bonds. The molecule has 1 fully saturated rings. The third-order valence-corrected chi connectivity index (χ3v) is 6.28. The van der Waals surface area contributed by atoms with E-state index in [2.05, 4.69) is 14.9 Å². The monoisotopic (exact) mass is 512 g/mol. The number of anilines is 1. The summed E-state index contributed by atoms with van der Waals surface area (Å²) >= 11 is 12.6. The van der Waals surface area contributed by atoms with Crippen LogP contribution in [0.15, 0.2) is 41.3 Å². The lowest BCUT2D eigenvalue weighted by Crippen LogP contribution is -2.24. The molecule has 1 aromatic carbocycles. The van der Waals surface area contributed by atoms with E-state index in [-0.39, 0.29) is 39.7 Å². The Hall–Kier alpha value is -2.98. The second kappa shape index (κ2) is 8.66. The molecule has 0 bridgehead atoms. The molecule has 5 rings (SSSR count). The normalized spacial score (nSPS) is 17.0. The highest BCUT2D eigenvalue weighted by Crippen LogP contribution is 2.39. The first kappa shape index (κ1) is 22.8. The first-order valence-corrected chi connectivity index (χ1v) is 11.1. The first-order valence-electron chi connectivity index (χ1n) is 10.4. The van der Waals surface area contributed by atoms with Crippen molar-refractivity contribution < 1.29 is 22.6 Å². The summed E-state index contributed by atoms with van der Waals surface area (Å²) in [6.45, 7) is 1.55. The molecule has 2 aromatic heterocycles. The molecule has 178 valence electrons. The molecule has 2 aliphatic heterocycles. The van der Waals surface area contributed by atoms with Gasteiger partial charge in [0.1, 0.15) is 23.9 Å². The largest absolute Gasteiger partial charge is 0.473 e. The molecule has 0 radical (unpaired) electrons. The highest BCUT2D eigenvalue weighted by molar-refractivity contribution is 6.37. The van der Waals surface area contributed by atoms with Gasteiger partial charge < -0.3 is 14.4 Å². The minimum Gasteiger partial charge on any atom is -0.473 e. The molecule has 7 nitrogen and oxygen atoms in total. The van der Waals surface area contributed by atoms with E-state index < -0.39 is 11.9 Å². The number of aromatic nitrogens is 3. The predicted molar refractivity (Wildman–Crippen MR) is 119 cm³/mol. The van der Waals surface area contributed by atoms with Gasteiger partial charge in [0.05, 0.1) is 10.0 Å². The van der Waals surface area contributed by atoms with Gasteiger partial charge in [0.15, 0.2) is 5.75 Å². The Kier molecular flexibility index (Phi) is 5.81. The van der Waals surface area contributed by atoms with Crippen LogP contribution < -0.4 is 20.1 Å². The topological polar surface area (TPSA) is 69.5 Å². The number of pyridine rings is 1. The van der Waals surface area contributed by atoms with Crippen LogP contribution in [0.3, 0.4) is 0 Å². The summed E-state index contributed by atoms with van der Waals surface area (Å²) in [5, 5.41) is 0.164. The molecular weight excluding hydrogens is 496 g/mol. The first-order chi connectivity index (χ1) is 16.2. The van der Waals surface area contributed by atoms with E-state index in [0.717, 1.165) is 37.5 Å². The van der Waals surface area contributed by atoms with Crippen molar-refractivity contribution in [2.45, 2.75) is 38.2 Å². The average Bonchev–Trinajstić information content (AvgIpc) is 3.37. The number of nitrogens with zero attached hydrogens (tertiary/aromatic N) is 4. The average molecular weight is 513 g/mol. The summed E-state index contributed by atoms with van der Waals surface area (Å²) in [4.78, 5) is 21.9. The van der Waals surface area contributed by atoms with Crippen LogP contribution >= 0.6 is 23.2 Å². The van der Waals surface area contributed by atoms with Crippen molar-refractivity contribution in [3.63, 3.8) is 0 Å². The molecular formula is C22H17Cl2F3N4O3. The molecule has 0 saturated carbocycles. The van der Waals surface area contributed by atoms with Crippen molar-refractivity contribution in [1.82, 2.24) is 14.5 Å². The molecule has 4 heterocycles. The van der Waals surface area contributed by atoms with Gasteiger partial charge in [-0.1, -0.05) is 23.2 Å². The fourth-order valence-corrected chi connectivity index (χ4v) is 4.80. The molecule has 0 spiro atoms. The summed E-state index contributed by atoms with van der Waals surface area (Å²) in [6, 6.07) is 7.13. The van der Waals surface area contributed by atoms with Crippen molar-refractivity contribution in [2.75, 3.05) is 11.4 Å². The predicted octanol–water partition coefficient (Wildman–Crippen LogP) is 5.32. The fourth-order valence-electron chi connectivity index (χ4n) is 4.19. The van der Waals surface area contributed by atoms with E-state index in [0.29, 0.717) is 18.2 Å². The highest BCUT2D eigenvalue weighted by Gasteiger charge is 2.34. The smallest absolute Gasteiger partial charge is 0.433 e. The number of fused-ring (bicyclic) bond motifs is 3. The standard InChI is InChI=1S/C22H17Cl2F3N4O3/c23-15-6-12(7-16(24)20(15)34-14-3-4-28-17(8-14)22(25,26)27)11-33-18-9-19-30-5-1-2-13(30)10-31(19)21(32)29-18/h3-4,6-9,13H,1-2,5,10-11H2. The maximum absolute atomic E-state index is 12.9. The minimum absolute atomic E-state index is 0.000355. The lowest BCUT2D eigenvalue weighted by atomic mass is 10.2. The maximum atomic E-state index is 12.9. The van der Waals surface area contributed by atoms with Crippen LogP contribution in [-0.2, 0) is 19.3 Å². The summed E-state index contributed by atoms with van der Waals surface area (Å²) in [5.41, 5.74) is -0.896. The quantitative estimate of drug-likeness (QED) is 0.460. The van der Waals surface area contributed by atoms with Crippen LogP contribution in [-0.4, -0.2) is 27.1 Å². The minimum atomic E-state index is -4.61. The Morgan fingerprint density at radius 1 is 1.15 bits per heavy atom. The summed E-state index contributed by atoms with van der Waals surface area (Å²) in [6.07, 6.45) is -1.50. The Labute approximate surface area is 201 Å². The number of halogens is 5. The molecule has 1 atom stereocenters. The van der Waals surface area contributed by atoms with E-state index in [4.69, 9.17) is 32.7 Å². The molecule has 1 saturated heterocycles. The van der Waals surface area contributed by atoms with Gasteiger partial charge in [0.2, 0.25) is 5.88 Å². The van der Waals surface area contributed by atoms with Crippen LogP contribution in [0.2, 0.25) is 10.0 Å². The van der Waals surface area contributed by atoms with Gasteiger partial charge in [0, 0.05) is 37.5 Å². The summed E-state index contributed by atoms with van der Waals surface area (Å²) in [5.74, 6) is 0.874. The molecule has 3 aromatic rings. The Bertz CT molecular complexity index is 1290. The van der Waals surface area contributed by atoms with E-state index >= 15 is 0 Å². The van der Waals surface area contributed by atoms with E-state index in [9.17, 15) is 18.0 Å². The maximum Gasteiger partial charge on any atom is 0.433 e. The van der Waals surface area contributed by atoms with Crippen LogP contribution in [0.25, 0.3) is 0 Å². The second-order valence-corrected chi connectivity index (χ2v) is 8.80. The molecule has 34 heavy (non-hydrogen) atoms. The van der Waals surface area contributed by atoms with Crippen LogP contribution in [0.4, 0.5) is 19.0 Å². The van der Waals surface area contributed by atoms with Crippen molar-refractivity contribution in [3.8, 4) is 17.4 Å². The number of hydrogen-bond acceptors (Lipinski definition) is 6. The van der Waals surface area contributed by atoms with Crippen molar-refractivity contribution in [1.29, 1.82) is 0 Å². The van der Waals surface area contributed by atoms with Gasteiger partial charge in [-0.3, -0.25) is 9.55 Å². The number of ether oxygens (including phenoxy) is 2. The van der Waals surface area contributed by atoms with Crippen LogP contribution in [0, 0.1) is 0 Å². The van der Waals surface area contributed by atoms with E-state index in [1.165, 1.54) is 18.2 Å². The van der Waals surface area contributed by atoms with Gasteiger partial charge in [-0.2, -0.15) is 18.2 Å². The Morgan fingerprint density at radius 3 is 2.65 bits per heavy atom. The SMILES string of the molecule is O=c1nc(OCc2cc(Cl)c(Oc3ccnc(C(F)(F)F)c3)c(Cl)c2)cc2n1CC1CCCN21. The lowest BCUT2D eigenvalue weighted by Gasteiger charge is -2.17. The third-order valence-electron chi connectivity index (χ3n) is 5.72. The highest BCUT2D eigenvalue weighted by atomic mass is 35.5. The Balaban J connectivity index is 1.32. The van der Waals surface area contributed by atoms with Crippen molar-refractivity contribution in [3.05, 3.63) is 68.3 Å². The molecule has 12 heteroatoms. The van der Waals surface area contributed by atoms with Gasteiger partial charge in [-0.25, -0.2) is 4.79 Å². The zero-order chi connectivity index (χ0) is 24.0. The van der Waals surface area contributed by atoms with Gasteiger partial charge in [-0.15, -0.1) is 0 Å². The molecule has 0 N–H and O–H groups in total. The van der Waals surface area contributed by atoms with Crippen LogP contribution in [0.1, 0.15) is 24.1 Å². The molecule has 0 aliphatic carbocycles. The van der Waals surface area contributed by atoms with Gasteiger partial charge >= 0.3 is 11.9 Å². The number of benzene rings is 1. The van der Waals surface area contributed by atoms with Crippen molar-refractivity contribution >= 4 is 29.0 Å². The Morgan fingerprint density at radius 2 is 1.91 bits per heavy atom. The number of hydrogen-bond donors (Lipinski definition) is 0. The van der Waals surface area contributed by atoms with E-state index in [1.807, 2.05) is 0 Å². The van der Waals surface area contributed by atoms with Crippen LogP contribution in [0.5, 0.6) is 17.4 Å². The summed E-state index contributed by atoms with van der Waals surface area (Å²) < 4.78 is 51.5. The van der Waals surface area contributed by atoms with E-state index in [1.54, 1.807) is 10.6 Å². The molecule has 1 unspecified atom stereocenters. The zero-order valence-electron chi connectivity index (χ0n) is 17.5. The summed E-state index contributed by atoms with van der Waals surface area (Å²) in [7, 11) is 0. The van der Waals surface area contributed by atoms with Gasteiger partial charge in [-0.05, 0) is 36.6 Å². The van der Waals surface area contributed by atoms with Crippen molar-refractivity contribution in [2.24, 2.45) is 0 Å². The fraction of sp³-hybridized carbons (Fsp3) is 0.318. The molecule has 2 aliphatic rings. The number of alkyl halides is 3. The second-order valence-electron chi connectivity index (χ2n) is 7.99. The van der Waals surface area contributed by atoms with Gasteiger partial charge in [0.25, 0.3) is 0 Å². The third kappa shape index (κ3) is 4.39.